The molecule has 5 nitrogen and oxygen atoms in total. The summed E-state index contributed by atoms with van der Waals surface area (Å²) in [7, 11) is 0. The van der Waals surface area contributed by atoms with Crippen LogP contribution in [0.15, 0.2) is 23.3 Å². The lowest BCUT2D eigenvalue weighted by Gasteiger charge is -2.12. The van der Waals surface area contributed by atoms with Crippen molar-refractivity contribution < 1.29 is 17.9 Å². The van der Waals surface area contributed by atoms with Gasteiger partial charge in [0.15, 0.2) is 5.96 Å². The largest absolute Gasteiger partial charge is 0.476 e. The number of aromatic nitrogens is 1. The van der Waals surface area contributed by atoms with Crippen molar-refractivity contribution in [3.8, 4) is 5.88 Å². The average molecular weight is 460 g/mol. The molecule has 0 radical (unpaired) electrons. The van der Waals surface area contributed by atoms with Gasteiger partial charge in [-0.15, -0.1) is 24.0 Å². The number of rotatable bonds is 7. The maximum absolute atomic E-state index is 12.4. The summed E-state index contributed by atoms with van der Waals surface area (Å²) in [5, 5.41) is 6.19. The molecule has 0 aliphatic rings. The third-order valence-corrected chi connectivity index (χ3v) is 2.67. The van der Waals surface area contributed by atoms with E-state index in [9.17, 15) is 13.2 Å². The van der Waals surface area contributed by atoms with E-state index in [4.69, 9.17) is 4.74 Å². The Morgan fingerprint density at radius 2 is 2.00 bits per heavy atom. The Kier molecular flexibility index (Phi) is 10.7. The molecule has 2 N–H and O–H groups in total. The van der Waals surface area contributed by atoms with Crippen molar-refractivity contribution in [2.24, 2.45) is 10.9 Å². The summed E-state index contributed by atoms with van der Waals surface area (Å²) in [5.74, 6) is 1.30. The fourth-order valence-electron chi connectivity index (χ4n) is 1.57. The predicted octanol–water partition coefficient (Wildman–Crippen LogP) is 3.31. The first-order chi connectivity index (χ1) is 10.8. The van der Waals surface area contributed by atoms with Gasteiger partial charge < -0.3 is 15.4 Å². The smallest absolute Gasteiger partial charge is 0.417 e. The number of guanidine groups is 1. The molecular weight excluding hydrogens is 436 g/mol. The van der Waals surface area contributed by atoms with E-state index in [1.807, 2.05) is 6.92 Å². The van der Waals surface area contributed by atoms with Crippen LogP contribution in [0.25, 0.3) is 0 Å². The molecular formula is C15H24F3IN4O. The van der Waals surface area contributed by atoms with Crippen LogP contribution in [0.2, 0.25) is 0 Å². The summed E-state index contributed by atoms with van der Waals surface area (Å²) in [4.78, 5) is 8.04. The van der Waals surface area contributed by atoms with Gasteiger partial charge in [0.25, 0.3) is 0 Å². The van der Waals surface area contributed by atoms with Crippen molar-refractivity contribution in [1.82, 2.24) is 15.6 Å². The molecule has 0 saturated carbocycles. The maximum Gasteiger partial charge on any atom is 0.417 e. The number of alkyl halides is 3. The molecule has 1 rings (SSSR count). The number of ether oxygens (including phenoxy) is 1. The van der Waals surface area contributed by atoms with E-state index in [2.05, 4.69) is 34.5 Å². The van der Waals surface area contributed by atoms with Gasteiger partial charge in [-0.25, -0.2) is 4.98 Å². The molecule has 0 aliphatic heterocycles. The third kappa shape index (κ3) is 9.14. The van der Waals surface area contributed by atoms with Crippen molar-refractivity contribution in [2.75, 3.05) is 26.2 Å². The molecule has 0 amide bonds. The monoisotopic (exact) mass is 460 g/mol. The lowest BCUT2D eigenvalue weighted by atomic mass is 10.2. The third-order valence-electron chi connectivity index (χ3n) is 2.67. The second-order valence-corrected chi connectivity index (χ2v) is 5.27. The van der Waals surface area contributed by atoms with Crippen LogP contribution in [0.1, 0.15) is 26.3 Å². The lowest BCUT2D eigenvalue weighted by molar-refractivity contribution is -0.137. The molecule has 0 aromatic carbocycles. The number of pyridine rings is 1. The van der Waals surface area contributed by atoms with Gasteiger partial charge in [-0.1, -0.05) is 13.8 Å². The Bertz CT molecular complexity index is 492. The first kappa shape index (κ1) is 22.7. The van der Waals surface area contributed by atoms with Crippen LogP contribution in [0.5, 0.6) is 5.88 Å². The minimum atomic E-state index is -4.39. The highest BCUT2D eigenvalue weighted by Crippen LogP contribution is 2.29. The number of nitrogens with zero attached hydrogens (tertiary/aromatic N) is 2. The highest BCUT2D eigenvalue weighted by Gasteiger charge is 2.30. The van der Waals surface area contributed by atoms with E-state index in [0.717, 1.165) is 18.8 Å². The first-order valence-corrected chi connectivity index (χ1v) is 7.51. The molecule has 0 saturated heterocycles. The Balaban J connectivity index is 0.00000529. The van der Waals surface area contributed by atoms with E-state index in [1.165, 1.54) is 6.07 Å². The molecule has 24 heavy (non-hydrogen) atoms. The van der Waals surface area contributed by atoms with Crippen LogP contribution in [0, 0.1) is 5.92 Å². The molecule has 0 fully saturated rings. The van der Waals surface area contributed by atoms with Crippen LogP contribution in [0.4, 0.5) is 13.2 Å². The summed E-state index contributed by atoms with van der Waals surface area (Å²) in [5.41, 5.74) is -0.793. The predicted molar refractivity (Wildman–Crippen MR) is 99.0 cm³/mol. The highest BCUT2D eigenvalue weighted by molar-refractivity contribution is 14.0. The van der Waals surface area contributed by atoms with Crippen molar-refractivity contribution >= 4 is 29.9 Å². The zero-order chi connectivity index (χ0) is 17.3. The minimum absolute atomic E-state index is 0. The SMILES string of the molecule is CCNC(=NCC(C)C)NCCOc1ccc(C(F)(F)F)cn1.I. The van der Waals surface area contributed by atoms with Gasteiger partial charge in [-0.05, 0) is 18.9 Å². The second-order valence-electron chi connectivity index (χ2n) is 5.27. The van der Waals surface area contributed by atoms with E-state index in [-0.39, 0.29) is 36.5 Å². The Labute approximate surface area is 157 Å². The highest BCUT2D eigenvalue weighted by atomic mass is 127. The van der Waals surface area contributed by atoms with Crippen molar-refractivity contribution in [1.29, 1.82) is 0 Å². The van der Waals surface area contributed by atoms with Gasteiger partial charge in [-0.2, -0.15) is 13.2 Å². The zero-order valence-electron chi connectivity index (χ0n) is 14.0. The lowest BCUT2D eigenvalue weighted by Crippen LogP contribution is -2.39. The van der Waals surface area contributed by atoms with Crippen LogP contribution >= 0.6 is 24.0 Å². The molecule has 9 heteroatoms. The van der Waals surface area contributed by atoms with Gasteiger partial charge in [0.05, 0.1) is 12.1 Å². The van der Waals surface area contributed by atoms with Gasteiger partial charge in [0.1, 0.15) is 6.61 Å². The van der Waals surface area contributed by atoms with Crippen molar-refractivity contribution in [3.63, 3.8) is 0 Å². The van der Waals surface area contributed by atoms with E-state index >= 15 is 0 Å². The normalized spacial score (nSPS) is 11.9. The summed E-state index contributed by atoms with van der Waals surface area (Å²) in [6, 6.07) is 2.16. The quantitative estimate of drug-likeness (QED) is 0.284. The summed E-state index contributed by atoms with van der Waals surface area (Å²) >= 11 is 0. The van der Waals surface area contributed by atoms with Crippen LogP contribution in [0.3, 0.4) is 0 Å². The summed E-state index contributed by atoms with van der Waals surface area (Å²) in [6.07, 6.45) is -3.63. The molecule has 0 spiro atoms. The van der Waals surface area contributed by atoms with Gasteiger partial charge in [0.2, 0.25) is 5.88 Å². The van der Waals surface area contributed by atoms with Crippen LogP contribution in [-0.4, -0.2) is 37.2 Å². The van der Waals surface area contributed by atoms with E-state index < -0.39 is 11.7 Å². The minimum Gasteiger partial charge on any atom is -0.476 e. The zero-order valence-corrected chi connectivity index (χ0v) is 16.3. The molecule has 138 valence electrons. The molecule has 0 unspecified atom stereocenters. The fraction of sp³-hybridized carbons (Fsp3) is 0.600. The van der Waals surface area contributed by atoms with Crippen molar-refractivity contribution in [3.05, 3.63) is 23.9 Å². The average Bonchev–Trinajstić information content (AvgIpc) is 2.48. The van der Waals surface area contributed by atoms with Crippen LogP contribution in [-0.2, 0) is 6.18 Å². The number of hydrogen-bond donors (Lipinski definition) is 2. The molecule has 0 bridgehead atoms. The van der Waals surface area contributed by atoms with Crippen LogP contribution < -0.4 is 15.4 Å². The van der Waals surface area contributed by atoms with Gasteiger partial charge >= 0.3 is 6.18 Å². The number of hydrogen-bond acceptors (Lipinski definition) is 3. The Morgan fingerprint density at radius 1 is 1.29 bits per heavy atom. The standard InChI is InChI=1S/C15H23F3N4O.HI/c1-4-19-14(22-9-11(2)3)20-7-8-23-13-6-5-12(10-21-13)15(16,17)18;/h5-6,10-11H,4,7-9H2,1-3H3,(H2,19,20,22);1H. The summed E-state index contributed by atoms with van der Waals surface area (Å²) < 4.78 is 42.5. The van der Waals surface area contributed by atoms with E-state index in [1.54, 1.807) is 0 Å². The van der Waals surface area contributed by atoms with Gasteiger partial charge in [-0.3, -0.25) is 4.99 Å². The maximum atomic E-state index is 12.4. The Morgan fingerprint density at radius 3 is 2.50 bits per heavy atom. The van der Waals surface area contributed by atoms with Crippen molar-refractivity contribution in [2.45, 2.75) is 26.9 Å². The fourth-order valence-corrected chi connectivity index (χ4v) is 1.57. The topological polar surface area (TPSA) is 58.5 Å². The Hall–Kier alpha value is -1.26. The molecule has 0 aliphatic carbocycles. The molecule has 0 atom stereocenters. The van der Waals surface area contributed by atoms with E-state index in [0.29, 0.717) is 25.0 Å². The molecule has 1 aromatic rings. The summed E-state index contributed by atoms with van der Waals surface area (Å²) in [6.45, 7) is 8.30. The number of nitrogens with one attached hydrogen (secondary N) is 2. The molecule has 1 aromatic heterocycles. The van der Waals surface area contributed by atoms with Gasteiger partial charge in [0, 0.05) is 25.4 Å². The first-order valence-electron chi connectivity index (χ1n) is 7.51. The number of halogens is 4. The molecule has 1 heterocycles. The number of aliphatic imine (C=N–C) groups is 1. The second kappa shape index (κ2) is 11.3.